The Balaban J connectivity index is 1.73. The van der Waals surface area contributed by atoms with Crippen molar-refractivity contribution in [3.63, 3.8) is 0 Å². The van der Waals surface area contributed by atoms with Crippen LogP contribution in [0.2, 0.25) is 10.0 Å². The number of nitro benzene ring substituents is 1. The van der Waals surface area contributed by atoms with Gasteiger partial charge in [0.2, 0.25) is 0 Å². The fourth-order valence-electron chi connectivity index (χ4n) is 2.37. The number of halogens is 2. The number of thiophene rings is 1. The van der Waals surface area contributed by atoms with Gasteiger partial charge >= 0.3 is 5.97 Å². The molecular weight excluding hydrogens is 427 g/mol. The van der Waals surface area contributed by atoms with Crippen LogP contribution in [0.4, 0.5) is 11.4 Å². The number of carbonyl (C=O) groups excluding carboxylic acids is 2. The van der Waals surface area contributed by atoms with Gasteiger partial charge in [-0.05, 0) is 19.1 Å². The van der Waals surface area contributed by atoms with Crippen LogP contribution in [0.5, 0.6) is 0 Å². The molecular formula is C18H12Cl2N2O5S. The summed E-state index contributed by atoms with van der Waals surface area (Å²) in [6, 6.07) is 10.9. The molecule has 3 aromatic rings. The molecule has 0 aliphatic rings. The first-order valence-corrected chi connectivity index (χ1v) is 9.48. The van der Waals surface area contributed by atoms with Gasteiger partial charge in [-0.25, -0.2) is 4.79 Å². The summed E-state index contributed by atoms with van der Waals surface area (Å²) >= 11 is 13.4. The molecule has 0 aliphatic carbocycles. The minimum atomic E-state index is -1.18. The fraction of sp³-hybridized carbons (Fsp3) is 0.111. The summed E-state index contributed by atoms with van der Waals surface area (Å²) in [6.45, 7) is 1.37. The highest BCUT2D eigenvalue weighted by Crippen LogP contribution is 2.35. The maximum absolute atomic E-state index is 12.4. The lowest BCUT2D eigenvalue weighted by molar-refractivity contribution is -0.384. The third-order valence-electron chi connectivity index (χ3n) is 3.79. The van der Waals surface area contributed by atoms with E-state index in [0.717, 1.165) is 27.5 Å². The molecule has 1 unspecified atom stereocenters. The number of anilines is 1. The van der Waals surface area contributed by atoms with Crippen molar-refractivity contribution in [1.82, 2.24) is 0 Å². The van der Waals surface area contributed by atoms with Crippen LogP contribution in [0.1, 0.15) is 16.6 Å². The highest BCUT2D eigenvalue weighted by atomic mass is 35.5. The molecule has 0 bridgehead atoms. The van der Waals surface area contributed by atoms with E-state index in [-0.39, 0.29) is 26.3 Å². The molecule has 7 nitrogen and oxygen atoms in total. The Labute approximate surface area is 173 Å². The van der Waals surface area contributed by atoms with Gasteiger partial charge in [-0.3, -0.25) is 14.9 Å². The Hall–Kier alpha value is -2.68. The summed E-state index contributed by atoms with van der Waals surface area (Å²) in [6.07, 6.45) is -1.18. The zero-order valence-corrected chi connectivity index (χ0v) is 16.6. The van der Waals surface area contributed by atoms with Crippen molar-refractivity contribution in [2.45, 2.75) is 13.0 Å². The maximum Gasteiger partial charge on any atom is 0.350 e. The molecule has 10 heteroatoms. The van der Waals surface area contributed by atoms with Gasteiger partial charge in [0.1, 0.15) is 4.88 Å². The number of hydrogen-bond donors (Lipinski definition) is 1. The molecule has 0 saturated heterocycles. The topological polar surface area (TPSA) is 98.5 Å². The Morgan fingerprint density at radius 3 is 2.61 bits per heavy atom. The second-order valence-electron chi connectivity index (χ2n) is 5.70. The third-order valence-corrected chi connectivity index (χ3v) is 5.78. The minimum Gasteiger partial charge on any atom is -0.448 e. The lowest BCUT2D eigenvalue weighted by Gasteiger charge is -2.14. The summed E-state index contributed by atoms with van der Waals surface area (Å²) in [4.78, 5) is 35.2. The van der Waals surface area contributed by atoms with E-state index in [1.165, 1.54) is 19.1 Å². The monoisotopic (exact) mass is 438 g/mol. The molecule has 1 aromatic heterocycles. The summed E-state index contributed by atoms with van der Waals surface area (Å²) in [5.41, 5.74) is -0.190. The zero-order valence-electron chi connectivity index (χ0n) is 14.3. The van der Waals surface area contributed by atoms with Crippen LogP contribution in [-0.2, 0) is 9.53 Å². The molecule has 0 spiro atoms. The van der Waals surface area contributed by atoms with Gasteiger partial charge in [0, 0.05) is 22.2 Å². The predicted molar refractivity (Wildman–Crippen MR) is 108 cm³/mol. The largest absolute Gasteiger partial charge is 0.448 e. The molecule has 1 heterocycles. The molecule has 0 fully saturated rings. The summed E-state index contributed by atoms with van der Waals surface area (Å²) in [5, 5.41) is 14.4. The van der Waals surface area contributed by atoms with Gasteiger partial charge in [0.25, 0.3) is 11.6 Å². The normalized spacial score (nSPS) is 11.8. The van der Waals surface area contributed by atoms with Crippen molar-refractivity contribution in [3.05, 3.63) is 67.5 Å². The number of esters is 1. The molecule has 144 valence electrons. The highest BCUT2D eigenvalue weighted by Gasteiger charge is 2.24. The van der Waals surface area contributed by atoms with E-state index in [1.54, 1.807) is 12.1 Å². The molecule has 3 rings (SSSR count). The molecule has 0 aliphatic heterocycles. The first-order valence-electron chi connectivity index (χ1n) is 7.90. The van der Waals surface area contributed by atoms with Crippen molar-refractivity contribution in [2.24, 2.45) is 0 Å². The van der Waals surface area contributed by atoms with Crippen LogP contribution in [-0.4, -0.2) is 22.9 Å². The SMILES string of the molecule is CC(OC(=O)c1sc2ccccc2c1Cl)C(=O)Nc1cc([N+](=O)[O-])ccc1Cl. The number of hydrogen-bond acceptors (Lipinski definition) is 6. The van der Waals surface area contributed by atoms with Crippen molar-refractivity contribution in [2.75, 3.05) is 5.32 Å². The molecule has 1 N–H and O–H groups in total. The van der Waals surface area contributed by atoms with Crippen LogP contribution in [0.3, 0.4) is 0 Å². The lowest BCUT2D eigenvalue weighted by atomic mass is 10.2. The van der Waals surface area contributed by atoms with Gasteiger partial charge in [-0.2, -0.15) is 0 Å². The van der Waals surface area contributed by atoms with Crippen molar-refractivity contribution >= 4 is 67.9 Å². The Kier molecular flexibility index (Phi) is 5.83. The van der Waals surface area contributed by atoms with E-state index in [1.807, 2.05) is 12.1 Å². The van der Waals surface area contributed by atoms with Gasteiger partial charge in [0.15, 0.2) is 6.10 Å². The van der Waals surface area contributed by atoms with E-state index >= 15 is 0 Å². The standard InChI is InChI=1S/C18H12Cl2N2O5S/c1-9(17(23)21-13-8-10(22(25)26)6-7-12(13)19)27-18(24)16-15(20)11-4-2-3-5-14(11)28-16/h2-9H,1H3,(H,21,23). The highest BCUT2D eigenvalue weighted by molar-refractivity contribution is 7.21. The number of ether oxygens (including phenoxy) is 1. The van der Waals surface area contributed by atoms with Crippen LogP contribution in [0.15, 0.2) is 42.5 Å². The van der Waals surface area contributed by atoms with E-state index in [9.17, 15) is 19.7 Å². The number of non-ortho nitro benzene ring substituents is 1. The number of carbonyl (C=O) groups is 2. The first kappa shape index (κ1) is 20.1. The van der Waals surface area contributed by atoms with Crippen molar-refractivity contribution in [1.29, 1.82) is 0 Å². The van der Waals surface area contributed by atoms with E-state index in [4.69, 9.17) is 27.9 Å². The number of rotatable bonds is 5. The van der Waals surface area contributed by atoms with Crippen LogP contribution >= 0.6 is 34.5 Å². The van der Waals surface area contributed by atoms with Crippen LogP contribution in [0.25, 0.3) is 10.1 Å². The molecule has 1 atom stereocenters. The smallest absolute Gasteiger partial charge is 0.350 e. The number of amides is 1. The number of fused-ring (bicyclic) bond motifs is 1. The first-order chi connectivity index (χ1) is 13.3. The van der Waals surface area contributed by atoms with Gasteiger partial charge < -0.3 is 10.1 Å². The van der Waals surface area contributed by atoms with Crippen LogP contribution < -0.4 is 5.32 Å². The Bertz CT molecular complexity index is 1100. The van der Waals surface area contributed by atoms with Gasteiger partial charge in [0.05, 0.1) is 20.7 Å². The maximum atomic E-state index is 12.4. The summed E-state index contributed by atoms with van der Waals surface area (Å²) in [7, 11) is 0. The van der Waals surface area contributed by atoms with Crippen molar-refractivity contribution < 1.29 is 19.2 Å². The van der Waals surface area contributed by atoms with E-state index in [2.05, 4.69) is 5.32 Å². The Morgan fingerprint density at radius 2 is 1.93 bits per heavy atom. The number of nitrogens with one attached hydrogen (secondary N) is 1. The lowest BCUT2D eigenvalue weighted by Crippen LogP contribution is -2.30. The molecule has 28 heavy (non-hydrogen) atoms. The number of benzene rings is 2. The molecule has 2 aromatic carbocycles. The average Bonchev–Trinajstić information content (AvgIpc) is 3.00. The van der Waals surface area contributed by atoms with Gasteiger partial charge in [-0.1, -0.05) is 41.4 Å². The molecule has 0 saturated carbocycles. The second kappa shape index (κ2) is 8.14. The Morgan fingerprint density at radius 1 is 1.21 bits per heavy atom. The number of nitrogens with zero attached hydrogens (tertiary/aromatic N) is 1. The van der Waals surface area contributed by atoms with Gasteiger partial charge in [-0.15, -0.1) is 11.3 Å². The fourth-order valence-corrected chi connectivity index (χ4v) is 3.93. The second-order valence-corrected chi connectivity index (χ2v) is 7.54. The zero-order chi connectivity index (χ0) is 20.4. The quantitative estimate of drug-likeness (QED) is 0.331. The predicted octanol–water partition coefficient (Wildman–Crippen LogP) is 5.30. The van der Waals surface area contributed by atoms with E-state index < -0.39 is 22.9 Å². The van der Waals surface area contributed by atoms with Crippen molar-refractivity contribution in [3.8, 4) is 0 Å². The summed E-state index contributed by atoms with van der Waals surface area (Å²) in [5.74, 6) is -1.42. The van der Waals surface area contributed by atoms with E-state index in [0.29, 0.717) is 0 Å². The molecule has 1 amide bonds. The minimum absolute atomic E-state index is 0.0451. The molecule has 0 radical (unpaired) electrons. The van der Waals surface area contributed by atoms with Crippen LogP contribution in [0, 0.1) is 10.1 Å². The summed E-state index contributed by atoms with van der Waals surface area (Å²) < 4.78 is 6.02. The average molecular weight is 439 g/mol. The number of nitro groups is 1. The third kappa shape index (κ3) is 4.09.